The van der Waals surface area contributed by atoms with E-state index in [1.54, 1.807) is 19.1 Å². The predicted molar refractivity (Wildman–Crippen MR) is 90.7 cm³/mol. The van der Waals surface area contributed by atoms with Crippen molar-refractivity contribution in [3.8, 4) is 5.75 Å². The van der Waals surface area contributed by atoms with Crippen LogP contribution in [-0.4, -0.2) is 49.4 Å². The molecule has 5 heteroatoms. The van der Waals surface area contributed by atoms with Gasteiger partial charge in [0.25, 0.3) is 0 Å². The summed E-state index contributed by atoms with van der Waals surface area (Å²) in [5.41, 5.74) is 1.24. The highest BCUT2D eigenvalue weighted by atomic mass is 16.5. The first-order valence-corrected chi connectivity index (χ1v) is 8.40. The first kappa shape index (κ1) is 17.6. The van der Waals surface area contributed by atoms with Crippen molar-refractivity contribution in [2.75, 3.05) is 27.2 Å². The van der Waals surface area contributed by atoms with Gasteiger partial charge >= 0.3 is 6.03 Å². The van der Waals surface area contributed by atoms with Crippen molar-refractivity contribution >= 4 is 6.03 Å². The number of amides is 2. The molecule has 2 unspecified atom stereocenters. The monoisotopic (exact) mass is 320 g/mol. The second-order valence-electron chi connectivity index (χ2n) is 6.32. The highest BCUT2D eigenvalue weighted by Crippen LogP contribution is 2.25. The maximum absolute atomic E-state index is 12.0. The van der Waals surface area contributed by atoms with E-state index in [9.17, 15) is 9.90 Å². The van der Waals surface area contributed by atoms with Gasteiger partial charge in [0.15, 0.2) is 0 Å². The second-order valence-corrected chi connectivity index (χ2v) is 6.32. The Morgan fingerprint density at radius 1 is 1.35 bits per heavy atom. The van der Waals surface area contributed by atoms with E-state index in [4.69, 9.17) is 4.74 Å². The fourth-order valence-corrected chi connectivity index (χ4v) is 3.08. The Bertz CT molecular complexity index is 490. The highest BCUT2D eigenvalue weighted by molar-refractivity contribution is 5.73. The van der Waals surface area contributed by atoms with Gasteiger partial charge in [-0.25, -0.2) is 4.79 Å². The fraction of sp³-hybridized carbons (Fsp3) is 0.611. The van der Waals surface area contributed by atoms with Crippen molar-refractivity contribution < 1.29 is 14.6 Å². The van der Waals surface area contributed by atoms with Gasteiger partial charge in [0.2, 0.25) is 0 Å². The van der Waals surface area contributed by atoms with Gasteiger partial charge in [-0.05, 0) is 43.4 Å². The molecule has 2 N–H and O–H groups in total. The summed E-state index contributed by atoms with van der Waals surface area (Å²) in [6.45, 7) is 1.29. The zero-order valence-corrected chi connectivity index (χ0v) is 14.1. The summed E-state index contributed by atoms with van der Waals surface area (Å²) in [4.78, 5) is 13.7. The number of ether oxygens (including phenoxy) is 1. The van der Waals surface area contributed by atoms with Gasteiger partial charge in [-0.15, -0.1) is 0 Å². The highest BCUT2D eigenvalue weighted by Gasteiger charge is 2.27. The van der Waals surface area contributed by atoms with E-state index in [-0.39, 0.29) is 18.1 Å². The van der Waals surface area contributed by atoms with Gasteiger partial charge in [0, 0.05) is 26.1 Å². The van der Waals surface area contributed by atoms with Crippen LogP contribution in [-0.2, 0) is 6.42 Å². The third-order valence-corrected chi connectivity index (χ3v) is 4.55. The molecule has 2 amide bonds. The number of methoxy groups -OCH3 is 1. The van der Waals surface area contributed by atoms with Crippen LogP contribution in [0.1, 0.15) is 31.2 Å². The van der Waals surface area contributed by atoms with Crippen LogP contribution in [0.25, 0.3) is 0 Å². The van der Waals surface area contributed by atoms with E-state index in [1.807, 2.05) is 24.3 Å². The van der Waals surface area contributed by atoms with Crippen LogP contribution in [0.5, 0.6) is 5.75 Å². The topological polar surface area (TPSA) is 61.8 Å². The van der Waals surface area contributed by atoms with Gasteiger partial charge in [0.05, 0.1) is 13.2 Å². The molecule has 2 atom stereocenters. The van der Waals surface area contributed by atoms with E-state index in [1.165, 1.54) is 5.56 Å². The average Bonchev–Trinajstić information content (AvgIpc) is 2.96. The number of hydrogen-bond acceptors (Lipinski definition) is 3. The molecule has 0 aliphatic heterocycles. The molecule has 23 heavy (non-hydrogen) atoms. The SMILES string of the molecule is COc1ccc(CCCNC(=O)N(C)CC2CCCC2O)cc1. The molecule has 1 aliphatic rings. The molecule has 1 fully saturated rings. The molecule has 1 saturated carbocycles. The van der Waals surface area contributed by atoms with Crippen molar-refractivity contribution in [3.05, 3.63) is 29.8 Å². The third kappa shape index (κ3) is 5.43. The predicted octanol–water partition coefficient (Wildman–Crippen LogP) is 2.43. The number of nitrogens with zero attached hydrogens (tertiary/aromatic N) is 1. The lowest BCUT2D eigenvalue weighted by Gasteiger charge is -2.23. The molecule has 0 bridgehead atoms. The molecule has 0 radical (unpaired) electrons. The maximum Gasteiger partial charge on any atom is 0.317 e. The van der Waals surface area contributed by atoms with Crippen molar-refractivity contribution in [1.29, 1.82) is 0 Å². The molecule has 0 saturated heterocycles. The average molecular weight is 320 g/mol. The molecule has 1 aromatic rings. The van der Waals surface area contributed by atoms with Crippen LogP contribution in [0.4, 0.5) is 4.79 Å². The number of carbonyl (C=O) groups is 1. The third-order valence-electron chi connectivity index (χ3n) is 4.55. The van der Waals surface area contributed by atoms with E-state index in [0.29, 0.717) is 13.1 Å². The number of rotatable bonds is 7. The zero-order chi connectivity index (χ0) is 16.7. The lowest BCUT2D eigenvalue weighted by atomic mass is 10.1. The standard InChI is InChI=1S/C18H28N2O3/c1-20(13-15-6-3-7-17(15)21)18(22)19-12-4-5-14-8-10-16(23-2)11-9-14/h8-11,15,17,21H,3-7,12-13H2,1-2H3,(H,19,22). The number of carbonyl (C=O) groups excluding carboxylic acids is 1. The van der Waals surface area contributed by atoms with Crippen LogP contribution in [0, 0.1) is 5.92 Å². The number of nitrogens with one attached hydrogen (secondary N) is 1. The number of aryl methyl sites for hydroxylation is 1. The first-order valence-electron chi connectivity index (χ1n) is 8.40. The number of benzene rings is 1. The van der Waals surface area contributed by atoms with Crippen LogP contribution < -0.4 is 10.1 Å². The van der Waals surface area contributed by atoms with Crippen molar-refractivity contribution in [2.24, 2.45) is 5.92 Å². The molecule has 2 rings (SSSR count). The minimum Gasteiger partial charge on any atom is -0.497 e. The number of aliphatic hydroxyl groups is 1. The molecular weight excluding hydrogens is 292 g/mol. The van der Waals surface area contributed by atoms with Gasteiger partial charge < -0.3 is 20.1 Å². The molecule has 1 aliphatic carbocycles. The molecule has 0 heterocycles. The summed E-state index contributed by atoms with van der Waals surface area (Å²) in [7, 11) is 3.45. The Kier molecular flexibility index (Phi) is 6.71. The van der Waals surface area contributed by atoms with Crippen LogP contribution in [0.2, 0.25) is 0 Å². The van der Waals surface area contributed by atoms with Crippen LogP contribution >= 0.6 is 0 Å². The fourth-order valence-electron chi connectivity index (χ4n) is 3.08. The Hall–Kier alpha value is -1.75. The summed E-state index contributed by atoms with van der Waals surface area (Å²) in [5.74, 6) is 1.09. The van der Waals surface area contributed by atoms with Crippen molar-refractivity contribution in [2.45, 2.75) is 38.2 Å². The van der Waals surface area contributed by atoms with Gasteiger partial charge in [-0.3, -0.25) is 0 Å². The lowest BCUT2D eigenvalue weighted by molar-refractivity contribution is 0.114. The van der Waals surface area contributed by atoms with Crippen molar-refractivity contribution in [1.82, 2.24) is 10.2 Å². The lowest BCUT2D eigenvalue weighted by Crippen LogP contribution is -2.41. The minimum atomic E-state index is -0.250. The van der Waals surface area contributed by atoms with Crippen molar-refractivity contribution in [3.63, 3.8) is 0 Å². The Labute approximate surface area is 138 Å². The van der Waals surface area contributed by atoms with Crippen LogP contribution in [0.15, 0.2) is 24.3 Å². The zero-order valence-electron chi connectivity index (χ0n) is 14.1. The molecular formula is C18H28N2O3. The largest absolute Gasteiger partial charge is 0.497 e. The molecule has 5 nitrogen and oxygen atoms in total. The van der Waals surface area contributed by atoms with E-state index < -0.39 is 0 Å². The molecule has 128 valence electrons. The first-order chi connectivity index (χ1) is 11.1. The number of hydrogen-bond donors (Lipinski definition) is 2. The van der Waals surface area contributed by atoms with E-state index in [2.05, 4.69) is 5.32 Å². The summed E-state index contributed by atoms with van der Waals surface area (Å²) in [5, 5.41) is 12.8. The Morgan fingerprint density at radius 3 is 2.70 bits per heavy atom. The smallest absolute Gasteiger partial charge is 0.317 e. The summed E-state index contributed by atoms with van der Waals surface area (Å²) < 4.78 is 5.13. The van der Waals surface area contributed by atoms with Crippen LogP contribution in [0.3, 0.4) is 0 Å². The van der Waals surface area contributed by atoms with E-state index >= 15 is 0 Å². The molecule has 1 aromatic carbocycles. The summed E-state index contributed by atoms with van der Waals surface area (Å²) in [6, 6.07) is 7.95. The number of aliphatic hydroxyl groups excluding tert-OH is 1. The maximum atomic E-state index is 12.0. The van der Waals surface area contributed by atoms with Gasteiger partial charge in [0.1, 0.15) is 5.75 Å². The number of urea groups is 1. The normalized spacial score (nSPS) is 20.3. The minimum absolute atomic E-state index is 0.0566. The summed E-state index contributed by atoms with van der Waals surface area (Å²) in [6.07, 6.45) is 4.51. The Morgan fingerprint density at radius 2 is 2.09 bits per heavy atom. The quantitative estimate of drug-likeness (QED) is 0.759. The molecule has 0 aromatic heterocycles. The summed E-state index contributed by atoms with van der Waals surface area (Å²) >= 11 is 0. The van der Waals surface area contributed by atoms with E-state index in [0.717, 1.165) is 37.9 Å². The van der Waals surface area contributed by atoms with Gasteiger partial charge in [-0.1, -0.05) is 18.6 Å². The second kappa shape index (κ2) is 8.77. The Balaban J connectivity index is 1.63. The molecule has 0 spiro atoms. The van der Waals surface area contributed by atoms with Gasteiger partial charge in [-0.2, -0.15) is 0 Å².